The summed E-state index contributed by atoms with van der Waals surface area (Å²) in [5.74, 6) is 1.87. The topological polar surface area (TPSA) is 297 Å². The lowest BCUT2D eigenvalue weighted by molar-refractivity contribution is -0.155. The molecule has 10 aromatic rings. The summed E-state index contributed by atoms with van der Waals surface area (Å²) in [5.41, 5.74) is 21.0. The van der Waals surface area contributed by atoms with E-state index in [1.54, 1.807) is 92.0 Å². The molecule has 0 unspecified atom stereocenters. The van der Waals surface area contributed by atoms with Crippen molar-refractivity contribution >= 4 is 18.7 Å². The van der Waals surface area contributed by atoms with Gasteiger partial charge in [-0.05, 0) is 84.5 Å². The van der Waals surface area contributed by atoms with Crippen LogP contribution in [0.15, 0.2) is 179 Å². The first-order valence-electron chi connectivity index (χ1n) is 26.6. The van der Waals surface area contributed by atoms with E-state index in [0.29, 0.717) is 58.9 Å². The van der Waals surface area contributed by atoms with Crippen molar-refractivity contribution in [2.45, 2.75) is 69.0 Å². The zero-order valence-corrected chi connectivity index (χ0v) is 48.5. The Kier molecular flexibility index (Phi) is 28.3. The Balaban J connectivity index is 0.000000225. The molecule has 0 spiro atoms. The lowest BCUT2D eigenvalue weighted by Gasteiger charge is -2.22. The molecule has 0 saturated heterocycles. The molecule has 0 saturated carbocycles. The van der Waals surface area contributed by atoms with Gasteiger partial charge < -0.3 is 45.8 Å². The fourth-order valence-corrected chi connectivity index (χ4v) is 7.34. The van der Waals surface area contributed by atoms with Crippen molar-refractivity contribution in [3.63, 3.8) is 0 Å². The molecule has 0 radical (unpaired) electrons. The second-order valence-electron chi connectivity index (χ2n) is 18.8. The van der Waals surface area contributed by atoms with Crippen molar-refractivity contribution < 1.29 is 71.1 Å². The Labute approximate surface area is 517 Å². The molecule has 0 bridgehead atoms. The van der Waals surface area contributed by atoms with Crippen LogP contribution in [0.5, 0.6) is 5.75 Å². The maximum absolute atomic E-state index is 13.5. The van der Waals surface area contributed by atoms with Gasteiger partial charge in [0.05, 0.1) is 31.9 Å². The Hall–Kier alpha value is -9.53. The van der Waals surface area contributed by atoms with Crippen LogP contribution in [-0.4, -0.2) is 114 Å². The van der Waals surface area contributed by atoms with Crippen LogP contribution in [-0.2, 0) is 19.5 Å². The Morgan fingerprint density at radius 1 is 0.527 bits per heavy atom. The van der Waals surface area contributed by atoms with Gasteiger partial charge in [0.1, 0.15) is 30.2 Å². The van der Waals surface area contributed by atoms with Crippen LogP contribution in [0.3, 0.4) is 0 Å². The Morgan fingerprint density at radius 3 is 1.26 bits per heavy atom. The average Bonchev–Trinajstić information content (AvgIpc) is 3.28. The molecule has 10 rings (SSSR count). The number of hydrogen-bond donors (Lipinski definition) is 5. The second kappa shape index (κ2) is 35.6. The molecule has 0 amide bonds. The summed E-state index contributed by atoms with van der Waals surface area (Å²) in [7, 11) is 1.63. The predicted molar refractivity (Wildman–Crippen MR) is 312 cm³/mol. The number of aryl methyl sites for hydroxylation is 1. The molecule has 0 aliphatic heterocycles. The van der Waals surface area contributed by atoms with Crippen molar-refractivity contribution in [2.75, 3.05) is 20.2 Å². The zero-order valence-electron chi connectivity index (χ0n) is 47.7. The van der Waals surface area contributed by atoms with Gasteiger partial charge in [0.15, 0.2) is 23.3 Å². The van der Waals surface area contributed by atoms with Crippen LogP contribution < -0.4 is 32.6 Å². The van der Waals surface area contributed by atoms with Gasteiger partial charge in [-0.25, -0.2) is 28.7 Å². The van der Waals surface area contributed by atoms with Gasteiger partial charge in [0.25, 0.3) is 0 Å². The minimum absolute atomic E-state index is 0. The van der Waals surface area contributed by atoms with Crippen LogP contribution in [0.25, 0.3) is 57.1 Å². The predicted octanol–water partition coefficient (Wildman–Crippen LogP) is 11.2. The van der Waals surface area contributed by atoms with E-state index < -0.39 is 54.8 Å². The summed E-state index contributed by atoms with van der Waals surface area (Å²) in [5, 5.41) is 27.6. The molecule has 0 aliphatic carbocycles. The third-order valence-corrected chi connectivity index (χ3v) is 12.3. The fourth-order valence-electron chi connectivity index (χ4n) is 7.34. The maximum Gasteiger partial charge on any atom is 0.405 e. The van der Waals surface area contributed by atoms with E-state index in [1.165, 1.54) is 19.2 Å². The van der Waals surface area contributed by atoms with E-state index >= 15 is 0 Å². The molecule has 91 heavy (non-hydrogen) atoms. The quantitative estimate of drug-likeness (QED) is 0.0371. The number of aldehydes is 1. The van der Waals surface area contributed by atoms with Crippen molar-refractivity contribution in [1.29, 1.82) is 0 Å². The number of nitrogens with one attached hydrogen (secondary N) is 2. The lowest BCUT2D eigenvalue weighted by atomic mass is 10.0. The molecule has 8 N–H and O–H groups in total. The molecule has 482 valence electrons. The molecular weight excluding hydrogens is 1240 g/mol. The highest BCUT2D eigenvalue weighted by Crippen LogP contribution is 2.26. The van der Waals surface area contributed by atoms with E-state index in [1.807, 2.05) is 36.4 Å². The van der Waals surface area contributed by atoms with Gasteiger partial charge in [0.2, 0.25) is 36.9 Å². The third kappa shape index (κ3) is 24.4. The van der Waals surface area contributed by atoms with Crippen molar-refractivity contribution in [3.05, 3.63) is 199 Å². The van der Waals surface area contributed by atoms with E-state index in [2.05, 4.69) is 72.6 Å². The van der Waals surface area contributed by atoms with Crippen molar-refractivity contribution in [1.82, 2.24) is 61.2 Å². The molecule has 0 fully saturated rings. The number of rotatable bonds is 19. The van der Waals surface area contributed by atoms with E-state index in [9.17, 15) is 53.1 Å². The summed E-state index contributed by atoms with van der Waals surface area (Å²) in [4.78, 5) is 25.9. The SMILES string of the molecule is COc1ccc(-c2nnco2)cc1.Cl.Fc1cnc(-c2ccc(CN[C@H](CNCc3ccc(-c4nnco4)cc3)C(F)(F)F)cc2)nc1.NC[C@@H](N)C(F)(F)F.N[C@H](CCCc1ccc(-c2nnco2)cc1)C(F)(F)F.O=Cc1ccc(-c2ncc(F)cn2)cc1. The number of carbonyl (C=O) groups is 1. The van der Waals surface area contributed by atoms with Crippen molar-refractivity contribution in [2.24, 2.45) is 17.2 Å². The molecule has 5 aromatic carbocycles. The number of carbonyl (C=O) groups excluding carboxylic acids is 1. The number of ether oxygens (including phenoxy) is 1. The highest BCUT2D eigenvalue weighted by Gasteiger charge is 2.39. The number of aromatic nitrogens is 10. The Bertz CT molecular complexity index is 3600. The van der Waals surface area contributed by atoms with Crippen LogP contribution >= 0.6 is 12.4 Å². The van der Waals surface area contributed by atoms with Crippen LogP contribution in [0.2, 0.25) is 0 Å². The first-order chi connectivity index (χ1) is 43.0. The normalized spacial score (nSPS) is 12.1. The summed E-state index contributed by atoms with van der Waals surface area (Å²) in [6, 6.07) is 29.9. The van der Waals surface area contributed by atoms with Gasteiger partial charge in [-0.3, -0.25) is 4.79 Å². The standard InChI is InChI=1S/C23H20F4N6O.C13H14F3N3O.C11H7FN2O.C9H8N2O2.C3H7F3N2.ClH/c24-19-11-30-21(31-12-19)17-5-1-16(2-6-17)10-29-20(23(25,26)27)13-28-9-15-3-7-18(8-4-15)22-33-32-14-34-22;14-13(15,16)11(17)3-1-2-9-4-6-10(7-5-9)12-19-18-8-20-12;12-10-5-13-11(14-6-10)9-3-1-8(7-15)2-4-9;1-12-8-4-2-7(3-5-8)9-11-10-6-13-9;4-3(5,6)2(8)1-7;/h1-8,11-12,14,20,28-29H,9-10,13H2;4-8,11H,1-3,17H2;1-7H;2-6H,1H3;2H,1,7-8H2;1H/t20-;11-;;;2-;/m11..1./s1. The molecular formula is C59H57ClF11N15O5. The minimum Gasteiger partial charge on any atom is -0.497 e. The van der Waals surface area contributed by atoms with Gasteiger partial charge in [-0.2, -0.15) is 39.5 Å². The maximum atomic E-state index is 13.5. The van der Waals surface area contributed by atoms with Crippen LogP contribution in [0.1, 0.15) is 39.9 Å². The number of halogens is 12. The summed E-state index contributed by atoms with van der Waals surface area (Å²) in [6.07, 6.45) is -3.36. The third-order valence-electron chi connectivity index (χ3n) is 12.3. The number of alkyl halides is 9. The molecule has 5 aromatic heterocycles. The Morgan fingerprint density at radius 2 is 0.912 bits per heavy atom. The second-order valence-corrected chi connectivity index (χ2v) is 18.8. The number of hydrogen-bond acceptors (Lipinski definition) is 20. The number of nitrogens with zero attached hydrogens (tertiary/aromatic N) is 10. The first kappa shape index (κ1) is 72.2. The summed E-state index contributed by atoms with van der Waals surface area (Å²) >= 11 is 0. The molecule has 32 heteroatoms. The average molecular weight is 1300 g/mol. The van der Waals surface area contributed by atoms with Gasteiger partial charge >= 0.3 is 18.5 Å². The van der Waals surface area contributed by atoms with Gasteiger partial charge in [-0.15, -0.1) is 43.0 Å². The number of nitrogens with two attached hydrogens (primary N) is 3. The van der Waals surface area contributed by atoms with E-state index in [4.69, 9.17) is 23.7 Å². The number of benzene rings is 5. The fraction of sp³-hybridized carbons (Fsp3) is 0.237. The van der Waals surface area contributed by atoms with Crippen molar-refractivity contribution in [3.8, 4) is 62.9 Å². The molecule has 5 heterocycles. The first-order valence-corrected chi connectivity index (χ1v) is 26.6. The van der Waals surface area contributed by atoms with E-state index in [0.717, 1.165) is 70.2 Å². The van der Waals surface area contributed by atoms with Gasteiger partial charge in [-0.1, -0.05) is 72.8 Å². The molecule has 20 nitrogen and oxygen atoms in total. The monoisotopic (exact) mass is 1300 g/mol. The summed E-state index contributed by atoms with van der Waals surface area (Å²) < 4.78 is 157. The van der Waals surface area contributed by atoms with Gasteiger partial charge in [0, 0.05) is 59.6 Å². The van der Waals surface area contributed by atoms with Crippen LogP contribution in [0, 0.1) is 11.6 Å². The highest BCUT2D eigenvalue weighted by molar-refractivity contribution is 5.85. The smallest absolute Gasteiger partial charge is 0.405 e. The molecule has 0 aliphatic rings. The minimum atomic E-state index is -4.42. The van der Waals surface area contributed by atoms with Crippen LogP contribution in [0.4, 0.5) is 48.3 Å². The number of methoxy groups -OCH3 is 1. The zero-order chi connectivity index (χ0) is 65.1. The highest BCUT2D eigenvalue weighted by atomic mass is 35.5. The lowest BCUT2D eigenvalue weighted by Crippen LogP contribution is -2.48. The largest absolute Gasteiger partial charge is 0.497 e. The summed E-state index contributed by atoms with van der Waals surface area (Å²) in [6.45, 7) is -0.556. The molecule has 3 atom stereocenters. The van der Waals surface area contributed by atoms with E-state index in [-0.39, 0.29) is 38.5 Å².